The molecule has 0 atom stereocenters. The molecule has 0 aliphatic carbocycles. The Hall–Kier alpha value is -2.64. The zero-order chi connectivity index (χ0) is 16.2. The highest BCUT2D eigenvalue weighted by Crippen LogP contribution is 2.12. The van der Waals surface area contributed by atoms with Crippen molar-refractivity contribution in [3.8, 4) is 0 Å². The van der Waals surface area contributed by atoms with Gasteiger partial charge in [-0.1, -0.05) is 0 Å². The number of benzene rings is 1. The Kier molecular flexibility index (Phi) is 4.85. The first kappa shape index (κ1) is 16.4. The van der Waals surface area contributed by atoms with Gasteiger partial charge in [0.1, 0.15) is 5.60 Å². The number of hydrazine groups is 1. The van der Waals surface area contributed by atoms with Gasteiger partial charge in [-0.3, -0.25) is 20.3 Å². The van der Waals surface area contributed by atoms with E-state index in [9.17, 15) is 19.7 Å². The number of amides is 2. The molecule has 0 saturated carbocycles. The van der Waals surface area contributed by atoms with Crippen molar-refractivity contribution in [1.29, 1.82) is 0 Å². The number of rotatable bonds is 2. The molecular weight excluding hydrogens is 278 g/mol. The average molecular weight is 295 g/mol. The average Bonchev–Trinajstić information content (AvgIpc) is 2.36. The van der Waals surface area contributed by atoms with Crippen LogP contribution in [0.15, 0.2) is 24.3 Å². The first-order valence-electron chi connectivity index (χ1n) is 6.12. The van der Waals surface area contributed by atoms with Crippen LogP contribution >= 0.6 is 0 Å². The van der Waals surface area contributed by atoms with E-state index in [0.717, 1.165) is 5.01 Å². The molecule has 1 rings (SSSR count). The summed E-state index contributed by atoms with van der Waals surface area (Å²) in [4.78, 5) is 33.5. The van der Waals surface area contributed by atoms with Gasteiger partial charge in [-0.25, -0.2) is 9.80 Å². The van der Waals surface area contributed by atoms with Gasteiger partial charge in [-0.2, -0.15) is 0 Å². The number of ether oxygens (including phenoxy) is 1. The third-order valence-electron chi connectivity index (χ3n) is 2.28. The van der Waals surface area contributed by atoms with Crippen molar-refractivity contribution >= 4 is 17.7 Å². The van der Waals surface area contributed by atoms with Crippen LogP contribution in [0.2, 0.25) is 0 Å². The largest absolute Gasteiger partial charge is 0.442 e. The van der Waals surface area contributed by atoms with Crippen molar-refractivity contribution < 1.29 is 19.2 Å². The van der Waals surface area contributed by atoms with Crippen molar-refractivity contribution in [2.45, 2.75) is 26.4 Å². The minimum atomic E-state index is -0.710. The molecule has 0 spiro atoms. The highest BCUT2D eigenvalue weighted by atomic mass is 16.6. The van der Waals surface area contributed by atoms with E-state index in [0.29, 0.717) is 0 Å². The van der Waals surface area contributed by atoms with Crippen LogP contribution < -0.4 is 5.43 Å². The number of nitro groups is 1. The molecule has 0 saturated heterocycles. The molecule has 8 heteroatoms. The second kappa shape index (κ2) is 6.21. The number of non-ortho nitro benzene ring substituents is 1. The molecule has 1 N–H and O–H groups in total. The topological polar surface area (TPSA) is 102 Å². The Morgan fingerprint density at radius 3 is 2.19 bits per heavy atom. The molecule has 0 unspecified atom stereocenters. The first-order chi connectivity index (χ1) is 9.60. The van der Waals surface area contributed by atoms with Gasteiger partial charge in [-0.05, 0) is 32.9 Å². The van der Waals surface area contributed by atoms with Crippen molar-refractivity contribution in [1.82, 2.24) is 10.4 Å². The maximum Gasteiger partial charge on any atom is 0.428 e. The molecule has 2 amide bonds. The maximum atomic E-state index is 11.9. The first-order valence-corrected chi connectivity index (χ1v) is 6.12. The van der Waals surface area contributed by atoms with Crippen LogP contribution in [-0.2, 0) is 4.74 Å². The number of nitro benzene ring substituents is 1. The molecule has 0 heterocycles. The lowest BCUT2D eigenvalue weighted by Crippen LogP contribution is -2.45. The van der Waals surface area contributed by atoms with Gasteiger partial charge in [0.25, 0.3) is 11.6 Å². The van der Waals surface area contributed by atoms with Gasteiger partial charge >= 0.3 is 6.09 Å². The van der Waals surface area contributed by atoms with E-state index in [4.69, 9.17) is 4.74 Å². The molecule has 1 aromatic carbocycles. The highest BCUT2D eigenvalue weighted by Gasteiger charge is 2.21. The van der Waals surface area contributed by atoms with Crippen molar-refractivity contribution in [2.24, 2.45) is 0 Å². The Morgan fingerprint density at radius 2 is 1.76 bits per heavy atom. The standard InChI is InChI=1S/C13H17N3O5/c1-13(2,3)21-12(18)15(4)14-11(17)9-5-7-10(8-6-9)16(19)20/h5-8H,1-4H3,(H,14,17). The van der Waals surface area contributed by atoms with Crippen molar-refractivity contribution in [2.75, 3.05) is 7.05 Å². The summed E-state index contributed by atoms with van der Waals surface area (Å²) in [7, 11) is 1.34. The molecule has 0 aliphatic rings. The molecule has 21 heavy (non-hydrogen) atoms. The SMILES string of the molecule is CN(NC(=O)c1ccc([N+](=O)[O-])cc1)C(=O)OC(C)(C)C. The summed E-state index contributed by atoms with van der Waals surface area (Å²) in [6.45, 7) is 5.12. The minimum absolute atomic E-state index is 0.118. The quantitative estimate of drug-likeness (QED) is 0.665. The van der Waals surface area contributed by atoms with Gasteiger partial charge in [-0.15, -0.1) is 0 Å². The van der Waals surface area contributed by atoms with Crippen molar-refractivity contribution in [3.05, 3.63) is 39.9 Å². The lowest BCUT2D eigenvalue weighted by molar-refractivity contribution is -0.384. The zero-order valence-electron chi connectivity index (χ0n) is 12.2. The van der Waals surface area contributed by atoms with Crippen LogP contribution in [-0.4, -0.2) is 34.6 Å². The fourth-order valence-electron chi connectivity index (χ4n) is 1.33. The summed E-state index contributed by atoms with van der Waals surface area (Å²) in [5.74, 6) is -0.571. The van der Waals surface area contributed by atoms with E-state index < -0.39 is 22.5 Å². The van der Waals surface area contributed by atoms with Gasteiger partial charge in [0.2, 0.25) is 0 Å². The summed E-state index contributed by atoms with van der Waals surface area (Å²) >= 11 is 0. The predicted molar refractivity (Wildman–Crippen MR) is 74.6 cm³/mol. The molecule has 8 nitrogen and oxygen atoms in total. The number of carbonyl (C=O) groups is 2. The number of hydrogen-bond acceptors (Lipinski definition) is 5. The van der Waals surface area contributed by atoms with Crippen LogP contribution in [0.1, 0.15) is 31.1 Å². The molecule has 0 aromatic heterocycles. The van der Waals surface area contributed by atoms with E-state index in [1.807, 2.05) is 0 Å². The summed E-state index contributed by atoms with van der Waals surface area (Å²) in [5.41, 5.74) is 1.71. The second-order valence-corrected chi connectivity index (χ2v) is 5.28. The summed E-state index contributed by atoms with van der Waals surface area (Å²) in [6, 6.07) is 5.03. The van der Waals surface area contributed by atoms with Gasteiger partial charge in [0.05, 0.1) is 4.92 Å². The Morgan fingerprint density at radius 1 is 1.24 bits per heavy atom. The van der Waals surface area contributed by atoms with E-state index >= 15 is 0 Å². The van der Waals surface area contributed by atoms with Crippen molar-refractivity contribution in [3.63, 3.8) is 0 Å². The third-order valence-corrected chi connectivity index (χ3v) is 2.28. The predicted octanol–water partition coefficient (Wildman–Crippen LogP) is 2.11. The molecule has 0 aliphatic heterocycles. The monoisotopic (exact) mass is 295 g/mol. The minimum Gasteiger partial charge on any atom is -0.442 e. The number of hydrogen-bond donors (Lipinski definition) is 1. The smallest absolute Gasteiger partial charge is 0.428 e. The lowest BCUT2D eigenvalue weighted by atomic mass is 10.2. The summed E-state index contributed by atoms with van der Waals surface area (Å²) in [6.07, 6.45) is -0.710. The normalized spacial score (nSPS) is 10.7. The fourth-order valence-corrected chi connectivity index (χ4v) is 1.33. The number of nitrogens with one attached hydrogen (secondary N) is 1. The number of carbonyl (C=O) groups excluding carboxylic acids is 2. The molecule has 0 fully saturated rings. The van der Waals surface area contributed by atoms with Gasteiger partial charge < -0.3 is 4.74 Å². The van der Waals surface area contributed by atoms with Crippen LogP contribution in [0.3, 0.4) is 0 Å². The van der Waals surface area contributed by atoms with Gasteiger partial charge in [0, 0.05) is 24.7 Å². The van der Waals surface area contributed by atoms with E-state index in [1.165, 1.54) is 31.3 Å². The summed E-state index contributed by atoms with van der Waals surface area (Å²) in [5, 5.41) is 11.4. The Balaban J connectivity index is 2.68. The van der Waals surface area contributed by atoms with Crippen LogP contribution in [0.25, 0.3) is 0 Å². The van der Waals surface area contributed by atoms with E-state index in [-0.39, 0.29) is 11.3 Å². The fraction of sp³-hybridized carbons (Fsp3) is 0.385. The maximum absolute atomic E-state index is 11.9. The van der Waals surface area contributed by atoms with E-state index in [2.05, 4.69) is 5.43 Å². The molecular formula is C13H17N3O5. The molecule has 0 radical (unpaired) electrons. The molecule has 0 bridgehead atoms. The summed E-state index contributed by atoms with van der Waals surface area (Å²) < 4.78 is 5.07. The van der Waals surface area contributed by atoms with E-state index in [1.54, 1.807) is 20.8 Å². The zero-order valence-corrected chi connectivity index (χ0v) is 12.2. The lowest BCUT2D eigenvalue weighted by Gasteiger charge is -2.24. The molecule has 114 valence electrons. The van der Waals surface area contributed by atoms with Crippen LogP contribution in [0.4, 0.5) is 10.5 Å². The highest BCUT2D eigenvalue weighted by molar-refractivity contribution is 5.95. The Labute approximate surface area is 121 Å². The third kappa shape index (κ3) is 5.09. The Bertz CT molecular complexity index is 548. The number of nitrogens with zero attached hydrogens (tertiary/aromatic N) is 2. The van der Waals surface area contributed by atoms with Gasteiger partial charge in [0.15, 0.2) is 0 Å². The van der Waals surface area contributed by atoms with Crippen LogP contribution in [0, 0.1) is 10.1 Å². The van der Waals surface area contributed by atoms with Crippen LogP contribution in [0.5, 0.6) is 0 Å². The second-order valence-electron chi connectivity index (χ2n) is 5.28. The molecule has 1 aromatic rings.